The molecule has 16 heteroatoms. The lowest BCUT2D eigenvalue weighted by Gasteiger charge is -2.55. The molecule has 3 heterocycles. The molecular formula is C25H18F9N5O2. The maximum Gasteiger partial charge on any atom is 0.451 e. The van der Waals surface area contributed by atoms with E-state index in [4.69, 9.17) is 9.47 Å². The second-order valence-corrected chi connectivity index (χ2v) is 9.48. The van der Waals surface area contributed by atoms with Crippen LogP contribution in [0.3, 0.4) is 0 Å². The van der Waals surface area contributed by atoms with Gasteiger partial charge in [-0.3, -0.25) is 0 Å². The fourth-order valence-electron chi connectivity index (χ4n) is 4.79. The van der Waals surface area contributed by atoms with Crippen LogP contribution in [0.1, 0.15) is 24.7 Å². The van der Waals surface area contributed by atoms with E-state index in [-0.39, 0.29) is 16.7 Å². The number of nitrogens with one attached hydrogen (secondary N) is 1. The van der Waals surface area contributed by atoms with E-state index < -0.39 is 76.9 Å². The summed E-state index contributed by atoms with van der Waals surface area (Å²) in [7, 11) is 1.24. The summed E-state index contributed by atoms with van der Waals surface area (Å²) in [5.74, 6) is -5.25. The highest BCUT2D eigenvalue weighted by Gasteiger charge is 2.68. The summed E-state index contributed by atoms with van der Waals surface area (Å²) >= 11 is 0. The van der Waals surface area contributed by atoms with E-state index in [1.165, 1.54) is 20.1 Å². The molecule has 0 aliphatic carbocycles. The number of halogens is 9. The number of fused-ring (bicyclic) bond motifs is 1. The van der Waals surface area contributed by atoms with Crippen molar-refractivity contribution in [3.63, 3.8) is 0 Å². The van der Waals surface area contributed by atoms with Crippen molar-refractivity contribution in [3.05, 3.63) is 71.4 Å². The summed E-state index contributed by atoms with van der Waals surface area (Å²) in [6, 6.07) is 5.46. The number of hydrogen-bond acceptors (Lipinski definition) is 6. The molecule has 1 aliphatic rings. The molecule has 1 aliphatic heterocycles. The lowest BCUT2D eigenvalue weighted by atomic mass is 9.75. The molecule has 0 amide bonds. The molecule has 2 aromatic carbocycles. The first-order valence-electron chi connectivity index (χ1n) is 11.7. The molecular weight excluding hydrogens is 573 g/mol. The third-order valence-corrected chi connectivity index (χ3v) is 6.65. The summed E-state index contributed by atoms with van der Waals surface area (Å²) in [5.41, 5.74) is -5.65. The van der Waals surface area contributed by atoms with Crippen molar-refractivity contribution in [2.45, 2.75) is 36.9 Å². The summed E-state index contributed by atoms with van der Waals surface area (Å²) in [5, 5.41) is 5.77. The molecule has 2 aromatic heterocycles. The van der Waals surface area contributed by atoms with Crippen molar-refractivity contribution in [1.29, 1.82) is 0 Å². The van der Waals surface area contributed by atoms with Gasteiger partial charge in [-0.05, 0) is 37.3 Å². The zero-order valence-corrected chi connectivity index (χ0v) is 21.0. The number of methoxy groups -OCH3 is 1. The van der Waals surface area contributed by atoms with Crippen LogP contribution in [0.4, 0.5) is 45.3 Å². The molecule has 5 rings (SSSR count). The third-order valence-electron chi connectivity index (χ3n) is 6.65. The number of alkyl halides is 6. The SMILES string of the molecule is COc1ccc(F)cc1C1(C)CC(CNc2nc(C(F)(F)F)nc3c2cnn3-c2ccc(F)cc2F)(C(F)(F)F)O1. The van der Waals surface area contributed by atoms with E-state index in [0.29, 0.717) is 10.7 Å². The average Bonchev–Trinajstić information content (AvgIpc) is 3.28. The second kappa shape index (κ2) is 9.49. The highest BCUT2D eigenvalue weighted by atomic mass is 19.4. The molecule has 1 fully saturated rings. The van der Waals surface area contributed by atoms with Gasteiger partial charge in [-0.25, -0.2) is 27.8 Å². The van der Waals surface area contributed by atoms with E-state index in [1.807, 2.05) is 0 Å². The first kappa shape index (κ1) is 28.4. The fraction of sp³-hybridized carbons (Fsp3) is 0.320. The molecule has 1 saturated heterocycles. The first-order chi connectivity index (χ1) is 19.1. The Morgan fingerprint density at radius 1 is 1.00 bits per heavy atom. The van der Waals surface area contributed by atoms with E-state index in [9.17, 15) is 39.5 Å². The minimum absolute atomic E-state index is 0.00580. The highest BCUT2D eigenvalue weighted by molar-refractivity contribution is 5.87. The summed E-state index contributed by atoms with van der Waals surface area (Å²) in [6.07, 6.45) is -10.0. The van der Waals surface area contributed by atoms with Crippen molar-refractivity contribution in [2.75, 3.05) is 19.0 Å². The van der Waals surface area contributed by atoms with Gasteiger partial charge in [0, 0.05) is 18.1 Å². The second-order valence-electron chi connectivity index (χ2n) is 9.48. The number of hydrogen-bond donors (Lipinski definition) is 1. The lowest BCUT2D eigenvalue weighted by Crippen LogP contribution is -2.67. The first-order valence-corrected chi connectivity index (χ1v) is 11.7. The van der Waals surface area contributed by atoms with Crippen LogP contribution in [0.5, 0.6) is 5.75 Å². The van der Waals surface area contributed by atoms with Gasteiger partial charge in [0.05, 0.1) is 30.8 Å². The molecule has 7 nitrogen and oxygen atoms in total. The van der Waals surface area contributed by atoms with E-state index in [1.54, 1.807) is 0 Å². The third kappa shape index (κ3) is 4.89. The van der Waals surface area contributed by atoms with Crippen molar-refractivity contribution in [1.82, 2.24) is 19.7 Å². The largest absolute Gasteiger partial charge is 0.496 e. The highest BCUT2D eigenvalue weighted by Crippen LogP contribution is 2.57. The van der Waals surface area contributed by atoms with Crippen LogP contribution in [0, 0.1) is 17.5 Å². The Bertz CT molecular complexity index is 1630. The van der Waals surface area contributed by atoms with Gasteiger partial charge in [0.25, 0.3) is 0 Å². The Hall–Kier alpha value is -4.08. The van der Waals surface area contributed by atoms with Gasteiger partial charge < -0.3 is 14.8 Å². The zero-order chi connectivity index (χ0) is 30.0. The van der Waals surface area contributed by atoms with Gasteiger partial charge in [-0.2, -0.15) is 31.4 Å². The molecule has 0 bridgehead atoms. The number of rotatable bonds is 6. The number of nitrogens with zero attached hydrogens (tertiary/aromatic N) is 4. The molecule has 2 atom stereocenters. The maximum atomic E-state index is 14.4. The fourth-order valence-corrected chi connectivity index (χ4v) is 4.79. The predicted molar refractivity (Wildman–Crippen MR) is 125 cm³/mol. The quantitative estimate of drug-likeness (QED) is 0.265. The van der Waals surface area contributed by atoms with Gasteiger partial charge in [0.1, 0.15) is 28.9 Å². The molecule has 0 radical (unpaired) electrons. The molecule has 0 spiro atoms. The average molecular weight is 591 g/mol. The smallest absolute Gasteiger partial charge is 0.451 e. The van der Waals surface area contributed by atoms with Crippen LogP contribution in [0.15, 0.2) is 42.6 Å². The zero-order valence-electron chi connectivity index (χ0n) is 21.0. The van der Waals surface area contributed by atoms with Crippen LogP contribution in [0.2, 0.25) is 0 Å². The number of benzene rings is 2. The van der Waals surface area contributed by atoms with E-state index >= 15 is 0 Å². The lowest BCUT2D eigenvalue weighted by molar-refractivity contribution is -0.380. The van der Waals surface area contributed by atoms with Crippen LogP contribution in [-0.2, 0) is 16.5 Å². The monoisotopic (exact) mass is 591 g/mol. The Labute approximate surface area is 224 Å². The van der Waals surface area contributed by atoms with Crippen molar-refractivity contribution in [2.24, 2.45) is 0 Å². The number of aromatic nitrogens is 4. The standard InChI is InChI=1S/C25H18F9N5O2/c1-22(15-7-12(26)4-6-18(15)40-2)10-23(41-22,25(32,33)34)11-35-19-14-9-36-39(17-5-3-13(27)8-16(17)28)20(14)38-21(37-19)24(29,30)31/h3-9H,10-11H2,1-2H3,(H,35,37,38). The Morgan fingerprint density at radius 3 is 2.27 bits per heavy atom. The summed E-state index contributed by atoms with van der Waals surface area (Å²) in [6.45, 7) is 0.184. The van der Waals surface area contributed by atoms with Crippen LogP contribution in [0.25, 0.3) is 16.7 Å². The van der Waals surface area contributed by atoms with Gasteiger partial charge >= 0.3 is 12.4 Å². The molecule has 218 valence electrons. The van der Waals surface area contributed by atoms with Gasteiger partial charge in [-0.1, -0.05) is 0 Å². The van der Waals surface area contributed by atoms with Crippen molar-refractivity contribution < 1.29 is 49.0 Å². The Balaban J connectivity index is 1.53. The van der Waals surface area contributed by atoms with E-state index in [2.05, 4.69) is 20.4 Å². The summed E-state index contributed by atoms with van der Waals surface area (Å²) < 4.78 is 137. The normalized spacial score (nSPS) is 21.1. The number of ether oxygens (including phenoxy) is 2. The molecule has 4 aromatic rings. The minimum Gasteiger partial charge on any atom is -0.496 e. The van der Waals surface area contributed by atoms with Crippen molar-refractivity contribution in [3.8, 4) is 11.4 Å². The van der Waals surface area contributed by atoms with Gasteiger partial charge in [0.2, 0.25) is 5.82 Å². The molecule has 0 saturated carbocycles. The summed E-state index contributed by atoms with van der Waals surface area (Å²) in [4.78, 5) is 6.73. The van der Waals surface area contributed by atoms with Gasteiger partial charge in [-0.15, -0.1) is 0 Å². The molecule has 2 unspecified atom stereocenters. The predicted octanol–water partition coefficient (Wildman–Crippen LogP) is 6.31. The Morgan fingerprint density at radius 2 is 1.66 bits per heavy atom. The Kier molecular flexibility index (Phi) is 6.59. The minimum atomic E-state index is -5.15. The van der Waals surface area contributed by atoms with Crippen molar-refractivity contribution >= 4 is 16.9 Å². The van der Waals surface area contributed by atoms with Crippen LogP contribution < -0.4 is 10.1 Å². The topological polar surface area (TPSA) is 74.1 Å². The van der Waals surface area contributed by atoms with Gasteiger partial charge in [0.15, 0.2) is 17.1 Å². The van der Waals surface area contributed by atoms with Crippen LogP contribution >= 0.6 is 0 Å². The maximum absolute atomic E-state index is 14.4. The molecule has 1 N–H and O–H groups in total. The number of anilines is 1. The molecule has 41 heavy (non-hydrogen) atoms. The van der Waals surface area contributed by atoms with Crippen LogP contribution in [-0.4, -0.2) is 45.2 Å². The van der Waals surface area contributed by atoms with E-state index in [0.717, 1.165) is 30.5 Å².